The quantitative estimate of drug-likeness (QED) is 0.627. The Morgan fingerprint density at radius 3 is 2.43 bits per heavy atom. The molecule has 4 aliphatic rings. The van der Waals surface area contributed by atoms with E-state index in [0.717, 1.165) is 44.9 Å². The van der Waals surface area contributed by atoms with Crippen LogP contribution in [0.3, 0.4) is 0 Å². The Kier molecular flexibility index (Phi) is 4.92. The molecule has 4 fully saturated rings. The topological polar surface area (TPSA) is 87.0 Å². The van der Waals surface area contributed by atoms with Crippen molar-refractivity contribution in [3.8, 4) is 0 Å². The molecule has 4 aliphatic carbocycles. The molecule has 0 heterocycles. The molecule has 0 aliphatic heterocycles. The number of hydrogen-bond acceptors (Lipinski definition) is 5. The third kappa shape index (κ3) is 2.65. The highest BCUT2D eigenvalue weighted by molar-refractivity contribution is 5.66. The summed E-state index contributed by atoms with van der Waals surface area (Å²) in [5.41, 5.74) is -1.59. The summed E-state index contributed by atoms with van der Waals surface area (Å²) in [6.07, 6.45) is 6.02. The number of fused-ring (bicyclic) bond motifs is 5. The zero-order valence-electron chi connectivity index (χ0n) is 17.9. The van der Waals surface area contributed by atoms with Crippen LogP contribution in [0.15, 0.2) is 0 Å². The van der Waals surface area contributed by atoms with Crippen molar-refractivity contribution in [1.82, 2.24) is 0 Å². The molecule has 0 radical (unpaired) electrons. The van der Waals surface area contributed by atoms with E-state index in [2.05, 4.69) is 13.8 Å². The van der Waals surface area contributed by atoms with Crippen LogP contribution in [0.2, 0.25) is 0 Å². The maximum absolute atomic E-state index is 11.4. The van der Waals surface area contributed by atoms with Crippen LogP contribution < -0.4 is 0 Å². The van der Waals surface area contributed by atoms with Crippen molar-refractivity contribution in [1.29, 1.82) is 0 Å². The van der Waals surface area contributed by atoms with Gasteiger partial charge in [-0.3, -0.25) is 4.79 Å². The molecule has 0 saturated heterocycles. The third-order valence-electron chi connectivity index (χ3n) is 9.88. The molecule has 5 heteroatoms. The molecule has 0 aromatic carbocycles. The summed E-state index contributed by atoms with van der Waals surface area (Å²) in [4.78, 5) is 11.4. The minimum Gasteiger partial charge on any atom is -0.463 e. The van der Waals surface area contributed by atoms with Gasteiger partial charge in [0.15, 0.2) is 0 Å². The summed E-state index contributed by atoms with van der Waals surface area (Å²) in [6.45, 7) is 7.66. The van der Waals surface area contributed by atoms with Crippen LogP contribution in [-0.4, -0.2) is 45.2 Å². The molecular formula is C23H38O5. The lowest BCUT2D eigenvalue weighted by Gasteiger charge is -2.61. The van der Waals surface area contributed by atoms with Crippen molar-refractivity contribution in [2.75, 3.05) is 0 Å². The second kappa shape index (κ2) is 6.68. The Morgan fingerprint density at radius 2 is 1.79 bits per heavy atom. The molecule has 0 spiro atoms. The molecule has 160 valence electrons. The van der Waals surface area contributed by atoms with E-state index < -0.39 is 23.2 Å². The second-order valence-corrected chi connectivity index (χ2v) is 10.9. The first kappa shape index (κ1) is 20.6. The fourth-order valence-corrected chi connectivity index (χ4v) is 8.37. The van der Waals surface area contributed by atoms with E-state index >= 15 is 0 Å². The predicted molar refractivity (Wildman–Crippen MR) is 105 cm³/mol. The lowest BCUT2D eigenvalue weighted by atomic mass is 9.44. The Balaban J connectivity index is 1.58. The van der Waals surface area contributed by atoms with Crippen LogP contribution in [0, 0.1) is 34.5 Å². The Bertz CT molecular complexity index is 634. The second-order valence-electron chi connectivity index (χ2n) is 10.9. The zero-order chi connectivity index (χ0) is 20.5. The minimum absolute atomic E-state index is 0.0645. The number of hydrogen-bond donors (Lipinski definition) is 3. The highest BCUT2D eigenvalue weighted by Crippen LogP contribution is 2.68. The van der Waals surface area contributed by atoms with Crippen molar-refractivity contribution in [3.05, 3.63) is 0 Å². The van der Waals surface area contributed by atoms with E-state index in [1.54, 1.807) is 6.92 Å². The Morgan fingerprint density at radius 1 is 1.07 bits per heavy atom. The number of ether oxygens (including phenoxy) is 1. The van der Waals surface area contributed by atoms with E-state index in [-0.39, 0.29) is 23.4 Å². The monoisotopic (exact) mass is 394 g/mol. The Hall–Kier alpha value is -0.650. The van der Waals surface area contributed by atoms with Gasteiger partial charge in [0.1, 0.15) is 11.7 Å². The molecule has 3 N–H and O–H groups in total. The average Bonchev–Trinajstić information content (AvgIpc) is 2.83. The summed E-state index contributed by atoms with van der Waals surface area (Å²) < 4.78 is 5.54. The van der Waals surface area contributed by atoms with Gasteiger partial charge in [0.2, 0.25) is 0 Å². The van der Waals surface area contributed by atoms with Crippen molar-refractivity contribution >= 4 is 5.97 Å². The first-order chi connectivity index (χ1) is 13.0. The van der Waals surface area contributed by atoms with Crippen molar-refractivity contribution in [3.63, 3.8) is 0 Å². The standard InChI is InChI=1S/C23H38O5/c1-13(24)23(27)20(26)12-19-17-6-5-15-11-16(28-14(2)25)7-9-21(15,3)18(17)8-10-22(19,23)4/h13,15-20,24,26-27H,5-12H2,1-4H3/t13-,15-,16-,17+,18-,19-,20+,21-,22-,23+/m0/s1. The lowest BCUT2D eigenvalue weighted by Crippen LogP contribution is -2.61. The summed E-state index contributed by atoms with van der Waals surface area (Å²) in [5, 5.41) is 32.5. The van der Waals surface area contributed by atoms with E-state index in [9.17, 15) is 20.1 Å². The third-order valence-corrected chi connectivity index (χ3v) is 9.88. The number of carbonyl (C=O) groups excluding carboxylic acids is 1. The molecule has 28 heavy (non-hydrogen) atoms. The molecule has 0 unspecified atom stereocenters. The number of aliphatic hydroxyl groups is 3. The van der Waals surface area contributed by atoms with Crippen LogP contribution in [0.1, 0.15) is 79.1 Å². The first-order valence-electron chi connectivity index (χ1n) is 11.3. The normalized spacial score (nSPS) is 54.2. The van der Waals surface area contributed by atoms with E-state index in [0.29, 0.717) is 24.2 Å². The summed E-state index contributed by atoms with van der Waals surface area (Å²) >= 11 is 0. The summed E-state index contributed by atoms with van der Waals surface area (Å²) in [5.74, 6) is 1.75. The maximum atomic E-state index is 11.4. The van der Waals surface area contributed by atoms with E-state index in [1.807, 2.05) is 0 Å². The van der Waals surface area contributed by atoms with Crippen molar-refractivity contribution < 1.29 is 24.9 Å². The molecule has 0 aromatic rings. The predicted octanol–water partition coefficient (Wildman–Crippen LogP) is 3.04. The number of esters is 1. The van der Waals surface area contributed by atoms with Crippen LogP contribution in [0.4, 0.5) is 0 Å². The van der Waals surface area contributed by atoms with Gasteiger partial charge >= 0.3 is 5.97 Å². The van der Waals surface area contributed by atoms with Crippen LogP contribution in [0.5, 0.6) is 0 Å². The van der Waals surface area contributed by atoms with Gasteiger partial charge < -0.3 is 20.1 Å². The molecule has 5 nitrogen and oxygen atoms in total. The highest BCUT2D eigenvalue weighted by atomic mass is 16.5. The summed E-state index contributed by atoms with van der Waals surface area (Å²) in [6, 6.07) is 0. The molecule has 10 atom stereocenters. The number of carbonyl (C=O) groups is 1. The van der Waals surface area contributed by atoms with Gasteiger partial charge in [-0.2, -0.15) is 0 Å². The van der Waals surface area contributed by atoms with Gasteiger partial charge in [-0.15, -0.1) is 0 Å². The van der Waals surface area contributed by atoms with Crippen LogP contribution in [0.25, 0.3) is 0 Å². The molecule has 0 aromatic heterocycles. The zero-order valence-corrected chi connectivity index (χ0v) is 17.9. The molecule has 4 saturated carbocycles. The fraction of sp³-hybridized carbons (Fsp3) is 0.957. The van der Waals surface area contributed by atoms with Gasteiger partial charge in [0.05, 0.1) is 12.2 Å². The molecular weight excluding hydrogens is 356 g/mol. The molecule has 0 bridgehead atoms. The largest absolute Gasteiger partial charge is 0.463 e. The maximum Gasteiger partial charge on any atom is 0.302 e. The van der Waals surface area contributed by atoms with Gasteiger partial charge in [0.25, 0.3) is 0 Å². The summed E-state index contributed by atoms with van der Waals surface area (Å²) in [7, 11) is 0. The van der Waals surface area contributed by atoms with Crippen LogP contribution in [-0.2, 0) is 9.53 Å². The van der Waals surface area contributed by atoms with Gasteiger partial charge in [-0.1, -0.05) is 13.8 Å². The van der Waals surface area contributed by atoms with Crippen molar-refractivity contribution in [2.24, 2.45) is 34.5 Å². The van der Waals surface area contributed by atoms with Crippen molar-refractivity contribution in [2.45, 2.75) is 103 Å². The fourth-order valence-electron chi connectivity index (χ4n) is 8.37. The first-order valence-corrected chi connectivity index (χ1v) is 11.3. The number of rotatable bonds is 2. The van der Waals surface area contributed by atoms with Gasteiger partial charge in [0, 0.05) is 12.3 Å². The smallest absolute Gasteiger partial charge is 0.302 e. The molecule has 0 amide bonds. The lowest BCUT2D eigenvalue weighted by molar-refractivity contribution is -0.209. The number of aliphatic hydroxyl groups excluding tert-OH is 2. The van der Waals surface area contributed by atoms with Gasteiger partial charge in [-0.25, -0.2) is 0 Å². The molecule has 4 rings (SSSR count). The van der Waals surface area contributed by atoms with E-state index in [4.69, 9.17) is 4.74 Å². The van der Waals surface area contributed by atoms with E-state index in [1.165, 1.54) is 6.92 Å². The SMILES string of the molecule is CC(=O)O[C@H]1CC[C@@]2(C)[C@@H](CC[C@@H]3[C@@H]2CC[C@@]2(C)[C@H]3C[C@@H](O)[C@]2(O)[C@H](C)O)C1. The Labute approximate surface area is 168 Å². The van der Waals surface area contributed by atoms with Gasteiger partial charge in [-0.05, 0) is 87.4 Å². The van der Waals surface area contributed by atoms with Crippen LogP contribution >= 0.6 is 0 Å². The minimum atomic E-state index is -1.41. The highest BCUT2D eigenvalue weighted by Gasteiger charge is 2.69. The average molecular weight is 395 g/mol.